The van der Waals surface area contributed by atoms with Crippen LogP contribution in [0.15, 0.2) is 12.1 Å². The fourth-order valence-corrected chi connectivity index (χ4v) is 3.78. The molecule has 1 N–H and O–H groups in total. The van der Waals surface area contributed by atoms with Crippen LogP contribution in [0.25, 0.3) is 0 Å². The van der Waals surface area contributed by atoms with Crippen LogP contribution in [0.1, 0.15) is 29.5 Å². The number of hydrogen-bond donors (Lipinski definition) is 1. The number of amides is 1. The average molecular weight is 512 g/mol. The van der Waals surface area contributed by atoms with Crippen molar-refractivity contribution >= 4 is 12.1 Å². The Bertz CT molecular complexity index is 939. The summed E-state index contributed by atoms with van der Waals surface area (Å²) in [6.45, 7) is 4.23. The molecule has 1 heterocycles. The van der Waals surface area contributed by atoms with Gasteiger partial charge in [0.1, 0.15) is 17.8 Å². The molecule has 0 aromatic heterocycles. The van der Waals surface area contributed by atoms with Gasteiger partial charge in [-0.05, 0) is 37.8 Å². The zero-order chi connectivity index (χ0) is 26.2. The van der Waals surface area contributed by atoms with Crippen molar-refractivity contribution in [3.05, 3.63) is 28.8 Å². The first-order chi connectivity index (χ1) is 16.1. The second kappa shape index (κ2) is 9.75. The molecule has 0 bridgehead atoms. The summed E-state index contributed by atoms with van der Waals surface area (Å²) in [6.07, 6.45) is -16.3. The summed E-state index contributed by atoms with van der Waals surface area (Å²) < 4.78 is 85.7. The van der Waals surface area contributed by atoms with Gasteiger partial charge in [-0.1, -0.05) is 12.1 Å². The first-order valence-electron chi connectivity index (χ1n) is 10.9. The number of alkyl halides is 6. The third-order valence-corrected chi connectivity index (χ3v) is 6.40. The molecule has 2 fully saturated rings. The van der Waals surface area contributed by atoms with Crippen LogP contribution in [0.5, 0.6) is 5.75 Å². The summed E-state index contributed by atoms with van der Waals surface area (Å²) in [5.41, 5.74) is 1.67. The lowest BCUT2D eigenvalue weighted by Crippen LogP contribution is -2.52. The van der Waals surface area contributed by atoms with Gasteiger partial charge in [0.2, 0.25) is 0 Å². The highest BCUT2D eigenvalue weighted by Crippen LogP contribution is 2.46. The number of hydrogen-bond acceptors (Lipinski definition) is 5. The number of carboxylic acids is 1. The molecule has 7 nitrogen and oxygen atoms in total. The van der Waals surface area contributed by atoms with E-state index in [1.807, 2.05) is 30.9 Å². The minimum Gasteiger partial charge on any atom is -0.492 e. The molecule has 35 heavy (non-hydrogen) atoms. The molecule has 1 aliphatic heterocycles. The summed E-state index contributed by atoms with van der Waals surface area (Å²) in [5, 5.41) is 9.39. The number of piperazine rings is 1. The normalized spacial score (nSPS) is 18.5. The van der Waals surface area contributed by atoms with Crippen LogP contribution in [0.3, 0.4) is 0 Å². The van der Waals surface area contributed by atoms with Gasteiger partial charge in [0.15, 0.2) is 0 Å². The minimum absolute atomic E-state index is 0.0266. The van der Waals surface area contributed by atoms with E-state index >= 15 is 0 Å². The van der Waals surface area contributed by atoms with Crippen LogP contribution in [-0.4, -0.2) is 78.2 Å². The van der Waals surface area contributed by atoms with Crippen molar-refractivity contribution in [3.8, 4) is 5.75 Å². The number of aliphatic carboxylic acids is 1. The van der Waals surface area contributed by atoms with E-state index in [1.54, 1.807) is 0 Å². The summed E-state index contributed by atoms with van der Waals surface area (Å²) in [6, 6.07) is 3.71. The molecular weight excluding hydrogens is 486 g/mol. The number of nitrogens with zero attached hydrogens (tertiary/aromatic N) is 2. The lowest BCUT2D eigenvalue weighted by molar-refractivity contribution is -0.308. The summed E-state index contributed by atoms with van der Waals surface area (Å²) in [5.74, 6) is -0.358. The number of carbonyl (C=O) groups excluding carboxylic acids is 1. The zero-order valence-electron chi connectivity index (χ0n) is 19.1. The molecule has 0 atom stereocenters. The Hall–Kier alpha value is -2.70. The lowest BCUT2D eigenvalue weighted by atomic mass is 10.0. The average Bonchev–Trinajstić information content (AvgIpc) is 3.54. The lowest BCUT2D eigenvalue weighted by Gasteiger charge is -2.35. The van der Waals surface area contributed by atoms with E-state index in [9.17, 15) is 41.0 Å². The van der Waals surface area contributed by atoms with Crippen molar-refractivity contribution < 1.29 is 50.5 Å². The molecule has 3 rings (SSSR count). The highest BCUT2D eigenvalue weighted by atomic mass is 19.4. The Morgan fingerprint density at radius 1 is 1.03 bits per heavy atom. The van der Waals surface area contributed by atoms with Gasteiger partial charge in [-0.2, -0.15) is 26.3 Å². The van der Waals surface area contributed by atoms with Gasteiger partial charge >= 0.3 is 24.4 Å². The van der Waals surface area contributed by atoms with Crippen LogP contribution in [0.4, 0.5) is 31.1 Å². The zero-order valence-corrected chi connectivity index (χ0v) is 19.1. The van der Waals surface area contributed by atoms with E-state index in [-0.39, 0.29) is 32.8 Å². The molecule has 1 amide bonds. The van der Waals surface area contributed by atoms with Crippen molar-refractivity contribution in [2.45, 2.75) is 51.7 Å². The van der Waals surface area contributed by atoms with E-state index in [0.717, 1.165) is 21.6 Å². The molecule has 2 aliphatic rings. The molecule has 0 radical (unpaired) electrons. The number of rotatable bonds is 7. The maximum absolute atomic E-state index is 12.7. The SMILES string of the molecule is Cc1ccc(CN2CCN(C(=O)OC(C(F)(F)F)C(F)(F)F)CC2)c(OCC2(C(=O)O)CC2)c1C. The molecule has 1 aromatic rings. The van der Waals surface area contributed by atoms with Crippen LogP contribution in [0, 0.1) is 19.3 Å². The predicted molar refractivity (Wildman–Crippen MR) is 110 cm³/mol. The van der Waals surface area contributed by atoms with E-state index in [4.69, 9.17) is 4.74 Å². The van der Waals surface area contributed by atoms with E-state index < -0.39 is 35.9 Å². The van der Waals surface area contributed by atoms with E-state index in [0.29, 0.717) is 25.1 Å². The Kier molecular flexibility index (Phi) is 7.49. The molecular formula is C22H26F6N2O5. The van der Waals surface area contributed by atoms with Crippen molar-refractivity contribution in [1.82, 2.24) is 9.80 Å². The first-order valence-corrected chi connectivity index (χ1v) is 10.9. The molecule has 0 unspecified atom stereocenters. The molecule has 1 aliphatic carbocycles. The van der Waals surface area contributed by atoms with Gasteiger partial charge in [0.05, 0.1) is 0 Å². The highest BCUT2D eigenvalue weighted by molar-refractivity contribution is 5.78. The molecule has 196 valence electrons. The summed E-state index contributed by atoms with van der Waals surface area (Å²) >= 11 is 0. The van der Waals surface area contributed by atoms with Gasteiger partial charge in [-0.15, -0.1) is 0 Å². The molecule has 1 aromatic carbocycles. The highest BCUT2D eigenvalue weighted by Gasteiger charge is 2.60. The van der Waals surface area contributed by atoms with Gasteiger partial charge in [-0.3, -0.25) is 9.69 Å². The topological polar surface area (TPSA) is 79.3 Å². The summed E-state index contributed by atoms with van der Waals surface area (Å²) in [4.78, 5) is 26.1. The number of carboxylic acid groups (broad SMARTS) is 1. The summed E-state index contributed by atoms with van der Waals surface area (Å²) in [7, 11) is 0. The Balaban J connectivity index is 1.61. The van der Waals surface area contributed by atoms with Gasteiger partial charge in [0, 0.05) is 38.3 Å². The molecule has 1 saturated carbocycles. The van der Waals surface area contributed by atoms with Crippen molar-refractivity contribution in [3.63, 3.8) is 0 Å². The van der Waals surface area contributed by atoms with E-state index in [2.05, 4.69) is 4.74 Å². The Morgan fingerprint density at radius 2 is 1.60 bits per heavy atom. The molecule has 1 saturated heterocycles. The number of ether oxygens (including phenoxy) is 2. The molecule has 13 heteroatoms. The van der Waals surface area contributed by atoms with Crippen LogP contribution in [0.2, 0.25) is 0 Å². The third-order valence-electron chi connectivity index (χ3n) is 6.40. The van der Waals surface area contributed by atoms with Gasteiger partial charge < -0.3 is 19.5 Å². The van der Waals surface area contributed by atoms with Crippen LogP contribution in [-0.2, 0) is 16.1 Å². The van der Waals surface area contributed by atoms with Gasteiger partial charge in [-0.25, -0.2) is 4.79 Å². The number of carbonyl (C=O) groups is 2. The number of halogens is 6. The quantitative estimate of drug-likeness (QED) is 0.550. The Labute approximate surface area is 197 Å². The third kappa shape index (κ3) is 6.30. The fourth-order valence-electron chi connectivity index (χ4n) is 3.78. The van der Waals surface area contributed by atoms with Crippen LogP contribution >= 0.6 is 0 Å². The number of benzene rings is 1. The predicted octanol–water partition coefficient (Wildman–Crippen LogP) is 4.29. The van der Waals surface area contributed by atoms with Gasteiger partial charge in [0.25, 0.3) is 6.10 Å². The smallest absolute Gasteiger partial charge is 0.434 e. The van der Waals surface area contributed by atoms with Crippen molar-refractivity contribution in [1.29, 1.82) is 0 Å². The fraction of sp³-hybridized carbons (Fsp3) is 0.636. The first kappa shape index (κ1) is 26.9. The maximum Gasteiger partial charge on any atom is 0.434 e. The standard InChI is InChI=1S/C22H26F6N2O5/c1-13-3-4-15(16(14(13)2)34-12-20(5-6-20)18(31)32)11-29-7-9-30(10-8-29)19(33)35-17(21(23,24)25)22(26,27)28/h3-4,17H,5-12H2,1-2H3,(H,31,32). The van der Waals surface area contributed by atoms with Crippen molar-refractivity contribution in [2.75, 3.05) is 32.8 Å². The number of aryl methyl sites for hydroxylation is 1. The Morgan fingerprint density at radius 3 is 2.09 bits per heavy atom. The largest absolute Gasteiger partial charge is 0.492 e. The minimum atomic E-state index is -5.77. The van der Waals surface area contributed by atoms with E-state index in [1.165, 1.54) is 0 Å². The second-order valence-corrected chi connectivity index (χ2v) is 8.98. The van der Waals surface area contributed by atoms with Crippen LogP contribution < -0.4 is 4.74 Å². The second-order valence-electron chi connectivity index (χ2n) is 8.98. The monoisotopic (exact) mass is 512 g/mol. The maximum atomic E-state index is 12.7. The van der Waals surface area contributed by atoms with Crippen molar-refractivity contribution in [2.24, 2.45) is 5.41 Å². The molecule has 0 spiro atoms.